The third-order valence-electron chi connectivity index (χ3n) is 2.54. The second-order valence-electron chi connectivity index (χ2n) is 3.64. The van der Waals surface area contributed by atoms with Crippen molar-refractivity contribution < 1.29 is 4.74 Å². The highest BCUT2D eigenvalue weighted by Gasteiger charge is 2.21. The van der Waals surface area contributed by atoms with Crippen LogP contribution in [0.1, 0.15) is 0 Å². The Bertz CT molecular complexity index is 430. The fourth-order valence-electron chi connectivity index (χ4n) is 1.74. The molecule has 2 rings (SSSR count). The van der Waals surface area contributed by atoms with E-state index in [4.69, 9.17) is 27.3 Å². The van der Waals surface area contributed by atoms with Crippen molar-refractivity contribution in [1.29, 1.82) is 5.26 Å². The third-order valence-corrected chi connectivity index (χ3v) is 2.78. The molecule has 0 aliphatic carbocycles. The molecular formula is C11H12ClN3O. The van der Waals surface area contributed by atoms with Gasteiger partial charge in [0.2, 0.25) is 0 Å². The lowest BCUT2D eigenvalue weighted by atomic mass is 10.2. The molecule has 16 heavy (non-hydrogen) atoms. The van der Waals surface area contributed by atoms with E-state index >= 15 is 0 Å². The van der Waals surface area contributed by atoms with Crippen molar-refractivity contribution in [3.05, 3.63) is 23.2 Å². The molecule has 1 heterocycles. The van der Waals surface area contributed by atoms with Gasteiger partial charge in [0, 0.05) is 11.6 Å². The monoisotopic (exact) mass is 237 g/mol. The van der Waals surface area contributed by atoms with Crippen LogP contribution >= 0.6 is 11.6 Å². The van der Waals surface area contributed by atoms with Crippen molar-refractivity contribution in [1.82, 2.24) is 0 Å². The zero-order valence-electron chi connectivity index (χ0n) is 8.69. The van der Waals surface area contributed by atoms with E-state index in [2.05, 4.69) is 6.07 Å². The van der Waals surface area contributed by atoms with E-state index in [1.807, 2.05) is 11.0 Å². The van der Waals surface area contributed by atoms with Gasteiger partial charge in [-0.05, 0) is 18.2 Å². The van der Waals surface area contributed by atoms with Gasteiger partial charge in [0.25, 0.3) is 0 Å². The number of anilines is 2. The number of hydrogen-bond acceptors (Lipinski definition) is 4. The lowest BCUT2D eigenvalue weighted by molar-refractivity contribution is 0.0765. The summed E-state index contributed by atoms with van der Waals surface area (Å²) in [4.78, 5) is 2.03. The highest BCUT2D eigenvalue weighted by atomic mass is 35.5. The minimum atomic E-state index is -0.396. The maximum Gasteiger partial charge on any atom is 0.161 e. The van der Waals surface area contributed by atoms with Crippen molar-refractivity contribution >= 4 is 23.0 Å². The van der Waals surface area contributed by atoms with Gasteiger partial charge >= 0.3 is 0 Å². The second-order valence-corrected chi connectivity index (χ2v) is 4.07. The van der Waals surface area contributed by atoms with Crippen molar-refractivity contribution in [2.24, 2.45) is 0 Å². The summed E-state index contributed by atoms with van der Waals surface area (Å²) in [5, 5.41) is 9.46. The van der Waals surface area contributed by atoms with Crippen molar-refractivity contribution in [3.63, 3.8) is 0 Å². The number of benzene rings is 1. The van der Waals surface area contributed by atoms with Gasteiger partial charge in [-0.2, -0.15) is 5.26 Å². The van der Waals surface area contributed by atoms with E-state index in [1.54, 1.807) is 12.1 Å². The van der Waals surface area contributed by atoms with E-state index in [-0.39, 0.29) is 0 Å². The van der Waals surface area contributed by atoms with Gasteiger partial charge in [-0.1, -0.05) is 11.6 Å². The lowest BCUT2D eigenvalue weighted by Gasteiger charge is -2.32. The Kier molecular flexibility index (Phi) is 3.18. The molecule has 0 saturated carbocycles. The van der Waals surface area contributed by atoms with Crippen LogP contribution in [0.15, 0.2) is 18.2 Å². The molecule has 0 amide bonds. The average Bonchev–Trinajstić information content (AvgIpc) is 2.32. The smallest absolute Gasteiger partial charge is 0.161 e. The normalized spacial score (nSPS) is 20.5. The van der Waals surface area contributed by atoms with Crippen LogP contribution < -0.4 is 10.6 Å². The molecule has 1 aliphatic rings. The Morgan fingerprint density at radius 2 is 2.38 bits per heavy atom. The largest absolute Gasteiger partial charge is 0.397 e. The summed E-state index contributed by atoms with van der Waals surface area (Å²) in [5.74, 6) is 0. The molecule has 0 aromatic heterocycles. The maximum atomic E-state index is 8.82. The molecule has 0 radical (unpaired) electrons. The van der Waals surface area contributed by atoms with Gasteiger partial charge < -0.3 is 15.4 Å². The molecule has 5 heteroatoms. The average molecular weight is 238 g/mol. The van der Waals surface area contributed by atoms with Crippen LogP contribution in [0.4, 0.5) is 11.4 Å². The zero-order valence-corrected chi connectivity index (χ0v) is 9.44. The Labute approximate surface area is 99.2 Å². The topological polar surface area (TPSA) is 62.3 Å². The summed E-state index contributed by atoms with van der Waals surface area (Å²) in [6.45, 7) is 1.79. The molecule has 1 unspecified atom stereocenters. The molecule has 1 aliphatic heterocycles. The van der Waals surface area contributed by atoms with Gasteiger partial charge in [0.05, 0.1) is 30.6 Å². The molecule has 2 N–H and O–H groups in total. The second kappa shape index (κ2) is 4.60. The number of morpholine rings is 1. The highest BCUT2D eigenvalue weighted by molar-refractivity contribution is 6.31. The van der Waals surface area contributed by atoms with E-state index < -0.39 is 6.10 Å². The quantitative estimate of drug-likeness (QED) is 0.755. The van der Waals surface area contributed by atoms with Crippen LogP contribution in [0.2, 0.25) is 5.02 Å². The molecule has 4 nitrogen and oxygen atoms in total. The van der Waals surface area contributed by atoms with Crippen LogP contribution in [0.25, 0.3) is 0 Å². The van der Waals surface area contributed by atoms with Crippen molar-refractivity contribution in [2.75, 3.05) is 30.3 Å². The van der Waals surface area contributed by atoms with E-state index in [9.17, 15) is 0 Å². The molecule has 1 fully saturated rings. The summed E-state index contributed by atoms with van der Waals surface area (Å²) in [6.07, 6.45) is -0.396. The third kappa shape index (κ3) is 2.21. The van der Waals surface area contributed by atoms with Gasteiger partial charge in [-0.25, -0.2) is 0 Å². The Morgan fingerprint density at radius 1 is 1.56 bits per heavy atom. The fourth-order valence-corrected chi connectivity index (χ4v) is 1.90. The van der Waals surface area contributed by atoms with Crippen molar-refractivity contribution in [2.45, 2.75) is 6.10 Å². The summed E-state index contributed by atoms with van der Waals surface area (Å²) in [6, 6.07) is 7.44. The number of halogens is 1. The summed E-state index contributed by atoms with van der Waals surface area (Å²) in [5.41, 5.74) is 7.42. The number of nitrogens with two attached hydrogens (primary N) is 1. The van der Waals surface area contributed by atoms with E-state index in [0.29, 0.717) is 23.9 Å². The van der Waals surface area contributed by atoms with Crippen molar-refractivity contribution in [3.8, 4) is 6.07 Å². The van der Waals surface area contributed by atoms with Gasteiger partial charge in [0.1, 0.15) is 0 Å². The van der Waals surface area contributed by atoms with Crippen LogP contribution in [-0.2, 0) is 4.74 Å². The van der Waals surface area contributed by atoms with Gasteiger partial charge in [-0.3, -0.25) is 0 Å². The first-order valence-corrected chi connectivity index (χ1v) is 5.39. The van der Waals surface area contributed by atoms with E-state index in [1.165, 1.54) is 0 Å². The molecule has 1 aromatic rings. The SMILES string of the molecule is N#CC1CN(c2cc(Cl)ccc2N)CCO1. The summed E-state index contributed by atoms with van der Waals surface area (Å²) < 4.78 is 5.27. The zero-order chi connectivity index (χ0) is 11.5. The van der Waals surface area contributed by atoms with Crippen LogP contribution in [0.3, 0.4) is 0 Å². The summed E-state index contributed by atoms with van der Waals surface area (Å²) >= 11 is 5.93. The number of hydrogen-bond donors (Lipinski definition) is 1. The van der Waals surface area contributed by atoms with Crippen LogP contribution in [0.5, 0.6) is 0 Å². The van der Waals surface area contributed by atoms with Crippen LogP contribution in [-0.4, -0.2) is 25.8 Å². The minimum Gasteiger partial charge on any atom is -0.397 e. The number of nitriles is 1. The van der Waals surface area contributed by atoms with Gasteiger partial charge in [0.15, 0.2) is 6.10 Å². The highest BCUT2D eigenvalue weighted by Crippen LogP contribution is 2.28. The molecule has 1 saturated heterocycles. The standard InChI is InChI=1S/C11H12ClN3O/c12-8-1-2-10(14)11(5-8)15-3-4-16-9(6-13)7-15/h1-2,5,9H,3-4,7,14H2. The number of rotatable bonds is 1. The molecular weight excluding hydrogens is 226 g/mol. The molecule has 0 spiro atoms. The Balaban J connectivity index is 2.23. The predicted molar refractivity (Wildman–Crippen MR) is 63.4 cm³/mol. The maximum absolute atomic E-state index is 8.82. The minimum absolute atomic E-state index is 0.396. The van der Waals surface area contributed by atoms with E-state index in [0.717, 1.165) is 12.2 Å². The first-order chi connectivity index (χ1) is 7.70. The Morgan fingerprint density at radius 3 is 3.12 bits per heavy atom. The lowest BCUT2D eigenvalue weighted by Crippen LogP contribution is -2.42. The number of nitrogen functional groups attached to an aromatic ring is 1. The molecule has 1 atom stereocenters. The first-order valence-electron chi connectivity index (χ1n) is 5.02. The van der Waals surface area contributed by atoms with Gasteiger partial charge in [-0.15, -0.1) is 0 Å². The Hall–Kier alpha value is -1.44. The van der Waals surface area contributed by atoms with Crippen LogP contribution in [0, 0.1) is 11.3 Å². The fraction of sp³-hybridized carbons (Fsp3) is 0.364. The first kappa shape index (κ1) is 11.1. The number of nitrogens with zero attached hydrogens (tertiary/aromatic N) is 2. The molecule has 1 aromatic carbocycles. The number of ether oxygens (including phenoxy) is 1. The summed E-state index contributed by atoms with van der Waals surface area (Å²) in [7, 11) is 0. The molecule has 0 bridgehead atoms. The predicted octanol–water partition coefficient (Wildman–Crippen LogP) is 1.65. The molecule has 84 valence electrons.